The number of carbonyl (C=O) groups is 1. The summed E-state index contributed by atoms with van der Waals surface area (Å²) in [5.41, 5.74) is 3.03. The first-order valence-corrected chi connectivity index (χ1v) is 16.1. The SMILES string of the molecule is COC1CCN(CC2[C@H](C)CN(c3ccc(C(=O)NC4CCC(Oc5ccc(C#N)c(C)c5C)CC4)nn3)C[C@@H]2C)CC1. The number of amides is 1. The third-order valence-electron chi connectivity index (χ3n) is 10.2. The number of rotatable bonds is 8. The van der Waals surface area contributed by atoms with Gasteiger partial charge in [-0.05, 0) is 106 Å². The van der Waals surface area contributed by atoms with Crippen LogP contribution in [-0.2, 0) is 4.74 Å². The van der Waals surface area contributed by atoms with E-state index in [0.717, 1.165) is 93.9 Å². The number of nitriles is 1. The van der Waals surface area contributed by atoms with Crippen LogP contribution in [0, 0.1) is 42.9 Å². The molecule has 9 nitrogen and oxygen atoms in total. The van der Waals surface area contributed by atoms with Crippen molar-refractivity contribution in [3.05, 3.63) is 46.6 Å². The lowest BCUT2D eigenvalue weighted by Gasteiger charge is -2.44. The summed E-state index contributed by atoms with van der Waals surface area (Å²) in [7, 11) is 1.83. The molecule has 0 spiro atoms. The highest BCUT2D eigenvalue weighted by Gasteiger charge is 2.35. The van der Waals surface area contributed by atoms with Gasteiger partial charge in [0.25, 0.3) is 5.91 Å². The highest BCUT2D eigenvalue weighted by atomic mass is 16.5. The second kappa shape index (κ2) is 14.0. The predicted octanol–water partition coefficient (Wildman–Crippen LogP) is 4.90. The van der Waals surface area contributed by atoms with Gasteiger partial charge < -0.3 is 24.6 Å². The molecule has 9 heteroatoms. The molecule has 1 amide bonds. The molecule has 0 bridgehead atoms. The van der Waals surface area contributed by atoms with E-state index in [9.17, 15) is 10.1 Å². The minimum absolute atomic E-state index is 0.0960. The van der Waals surface area contributed by atoms with Crippen molar-refractivity contribution in [1.29, 1.82) is 5.26 Å². The summed E-state index contributed by atoms with van der Waals surface area (Å²) in [6.07, 6.45) is 6.22. The Labute approximate surface area is 256 Å². The minimum Gasteiger partial charge on any atom is -0.490 e. The van der Waals surface area contributed by atoms with Crippen LogP contribution in [0.5, 0.6) is 5.75 Å². The summed E-state index contributed by atoms with van der Waals surface area (Å²) in [5.74, 6) is 3.29. The molecule has 1 aliphatic carbocycles. The molecule has 5 rings (SSSR count). The maximum atomic E-state index is 13.0. The van der Waals surface area contributed by atoms with Crippen LogP contribution < -0.4 is 15.0 Å². The lowest BCUT2D eigenvalue weighted by molar-refractivity contribution is 0.0278. The number of ether oxygens (including phenoxy) is 2. The molecule has 3 fully saturated rings. The molecule has 43 heavy (non-hydrogen) atoms. The number of nitrogens with one attached hydrogen (secondary N) is 1. The third-order valence-corrected chi connectivity index (χ3v) is 10.2. The van der Waals surface area contributed by atoms with Gasteiger partial charge in [-0.25, -0.2) is 0 Å². The molecular formula is C34H48N6O3. The summed E-state index contributed by atoms with van der Waals surface area (Å²) in [4.78, 5) is 17.9. The zero-order valence-electron chi connectivity index (χ0n) is 26.5. The van der Waals surface area contributed by atoms with Crippen LogP contribution in [0.3, 0.4) is 0 Å². The molecular weight excluding hydrogens is 540 g/mol. The average Bonchev–Trinajstić information content (AvgIpc) is 3.02. The number of hydrogen-bond donors (Lipinski definition) is 1. The molecule has 1 N–H and O–H groups in total. The fourth-order valence-corrected chi connectivity index (χ4v) is 7.20. The van der Waals surface area contributed by atoms with Crippen LogP contribution in [-0.4, -0.2) is 79.1 Å². The van der Waals surface area contributed by atoms with E-state index < -0.39 is 0 Å². The van der Waals surface area contributed by atoms with E-state index in [-0.39, 0.29) is 18.1 Å². The van der Waals surface area contributed by atoms with E-state index in [1.807, 2.05) is 45.2 Å². The average molecular weight is 589 g/mol. The van der Waals surface area contributed by atoms with Gasteiger partial charge in [-0.2, -0.15) is 5.26 Å². The number of methoxy groups -OCH3 is 1. The molecule has 1 saturated carbocycles. The van der Waals surface area contributed by atoms with Gasteiger partial charge in [0.15, 0.2) is 11.5 Å². The van der Waals surface area contributed by atoms with E-state index in [2.05, 4.69) is 45.2 Å². The molecule has 0 radical (unpaired) electrons. The number of nitrogens with zero attached hydrogens (tertiary/aromatic N) is 5. The fourth-order valence-electron chi connectivity index (χ4n) is 7.20. The fraction of sp³-hybridized carbons (Fsp3) is 0.647. The smallest absolute Gasteiger partial charge is 0.272 e. The first-order valence-electron chi connectivity index (χ1n) is 16.1. The summed E-state index contributed by atoms with van der Waals surface area (Å²) in [6.45, 7) is 14.0. The van der Waals surface area contributed by atoms with Gasteiger partial charge in [0, 0.05) is 45.9 Å². The Bertz CT molecular complexity index is 1270. The molecule has 3 aliphatic rings. The molecule has 3 heterocycles. The number of aromatic nitrogens is 2. The number of piperidine rings is 2. The van der Waals surface area contributed by atoms with Crippen LogP contribution in [0.25, 0.3) is 0 Å². The van der Waals surface area contributed by atoms with Crippen molar-refractivity contribution in [3.63, 3.8) is 0 Å². The van der Waals surface area contributed by atoms with E-state index in [4.69, 9.17) is 9.47 Å². The Morgan fingerprint density at radius 2 is 1.65 bits per heavy atom. The second-order valence-corrected chi connectivity index (χ2v) is 13.1. The number of likely N-dealkylation sites (tertiary alicyclic amines) is 1. The topological polar surface area (TPSA) is 104 Å². The molecule has 232 valence electrons. The first kappa shape index (κ1) is 31.2. The van der Waals surface area contributed by atoms with Crippen molar-refractivity contribution in [2.24, 2.45) is 17.8 Å². The van der Waals surface area contributed by atoms with Crippen molar-refractivity contribution >= 4 is 11.7 Å². The second-order valence-electron chi connectivity index (χ2n) is 13.1. The summed E-state index contributed by atoms with van der Waals surface area (Å²) in [5, 5.41) is 21.2. The minimum atomic E-state index is -0.167. The Balaban J connectivity index is 1.08. The molecule has 2 aliphatic heterocycles. The van der Waals surface area contributed by atoms with Crippen LogP contribution >= 0.6 is 0 Å². The van der Waals surface area contributed by atoms with Crippen molar-refractivity contribution in [3.8, 4) is 11.8 Å². The number of hydrogen-bond acceptors (Lipinski definition) is 8. The molecule has 1 aromatic heterocycles. The predicted molar refractivity (Wildman–Crippen MR) is 167 cm³/mol. The highest BCUT2D eigenvalue weighted by Crippen LogP contribution is 2.32. The van der Waals surface area contributed by atoms with Gasteiger partial charge >= 0.3 is 0 Å². The Kier molecular flexibility index (Phi) is 10.2. The van der Waals surface area contributed by atoms with Crippen LogP contribution in [0.1, 0.15) is 79.6 Å². The van der Waals surface area contributed by atoms with Gasteiger partial charge in [0.2, 0.25) is 0 Å². The largest absolute Gasteiger partial charge is 0.490 e. The third kappa shape index (κ3) is 7.47. The summed E-state index contributed by atoms with van der Waals surface area (Å²) in [6, 6.07) is 9.81. The van der Waals surface area contributed by atoms with Gasteiger partial charge in [0.05, 0.1) is 23.8 Å². The Morgan fingerprint density at radius 3 is 2.26 bits per heavy atom. The maximum absolute atomic E-state index is 13.0. The number of benzene rings is 1. The highest BCUT2D eigenvalue weighted by molar-refractivity contribution is 5.92. The van der Waals surface area contributed by atoms with Crippen LogP contribution in [0.2, 0.25) is 0 Å². The molecule has 3 atom stereocenters. The normalized spacial score (nSPS) is 27.0. The monoisotopic (exact) mass is 588 g/mol. The van der Waals surface area contributed by atoms with Crippen LogP contribution in [0.15, 0.2) is 24.3 Å². The number of carbonyl (C=O) groups excluding carboxylic acids is 1. The van der Waals surface area contributed by atoms with E-state index in [0.29, 0.717) is 35.1 Å². The zero-order chi connectivity index (χ0) is 30.5. The zero-order valence-corrected chi connectivity index (χ0v) is 26.5. The van der Waals surface area contributed by atoms with Crippen molar-refractivity contribution in [2.75, 3.05) is 44.7 Å². The standard InChI is InChI=1S/C34H48N6O3/c1-22-19-40(20-23(2)30(22)21-39-16-14-28(42-5)15-17-39)33-13-11-31(37-38-33)34(41)36-27-7-9-29(10-8-27)43-32-12-6-26(18-35)24(3)25(32)4/h6,11-13,22-23,27-30H,7-10,14-17,19-21H2,1-5H3,(H,36,41)/t22-,23+,27?,29?,30?. The molecule has 1 aromatic carbocycles. The van der Waals surface area contributed by atoms with Crippen LogP contribution in [0.4, 0.5) is 5.82 Å². The lowest BCUT2D eigenvalue weighted by Crippen LogP contribution is -2.50. The van der Waals surface area contributed by atoms with Gasteiger partial charge in [-0.15, -0.1) is 10.2 Å². The summed E-state index contributed by atoms with van der Waals surface area (Å²) < 4.78 is 11.8. The van der Waals surface area contributed by atoms with Gasteiger partial charge in [-0.3, -0.25) is 4.79 Å². The number of anilines is 1. The molecule has 1 unspecified atom stereocenters. The van der Waals surface area contributed by atoms with Gasteiger partial charge in [0.1, 0.15) is 5.75 Å². The Morgan fingerprint density at radius 1 is 0.953 bits per heavy atom. The van der Waals surface area contributed by atoms with E-state index in [1.54, 1.807) is 0 Å². The lowest BCUT2D eigenvalue weighted by atomic mass is 9.79. The van der Waals surface area contributed by atoms with Crippen molar-refractivity contribution in [2.45, 2.75) is 84.5 Å². The first-order chi connectivity index (χ1) is 20.7. The maximum Gasteiger partial charge on any atom is 0.272 e. The Hall–Kier alpha value is -3.22. The van der Waals surface area contributed by atoms with E-state index in [1.165, 1.54) is 0 Å². The van der Waals surface area contributed by atoms with Gasteiger partial charge in [-0.1, -0.05) is 13.8 Å². The van der Waals surface area contributed by atoms with Crippen molar-refractivity contribution in [1.82, 2.24) is 20.4 Å². The molecule has 2 saturated heterocycles. The van der Waals surface area contributed by atoms with Crippen molar-refractivity contribution < 1.29 is 14.3 Å². The molecule has 2 aromatic rings. The van der Waals surface area contributed by atoms with E-state index >= 15 is 0 Å². The quantitative estimate of drug-likeness (QED) is 0.464. The summed E-state index contributed by atoms with van der Waals surface area (Å²) >= 11 is 0.